The van der Waals surface area contributed by atoms with E-state index >= 15 is 0 Å². The predicted octanol–water partition coefficient (Wildman–Crippen LogP) is 2.89. The fraction of sp³-hybridized carbons (Fsp3) is 0.538. The Morgan fingerprint density at radius 3 is 2.68 bits per heavy atom. The Kier molecular flexibility index (Phi) is 6.82. The van der Waals surface area contributed by atoms with Crippen molar-refractivity contribution < 1.29 is 8.42 Å². The van der Waals surface area contributed by atoms with Crippen LogP contribution in [0.15, 0.2) is 22.7 Å². The van der Waals surface area contributed by atoms with Crippen LogP contribution in [-0.2, 0) is 10.0 Å². The number of rotatable bonds is 8. The number of sulfonamides is 1. The van der Waals surface area contributed by atoms with Gasteiger partial charge in [0.15, 0.2) is 0 Å². The van der Waals surface area contributed by atoms with E-state index in [2.05, 4.69) is 32.9 Å². The molecule has 0 bridgehead atoms. The number of hydrogen-bond acceptors (Lipinski definition) is 3. The number of benzene rings is 1. The summed E-state index contributed by atoms with van der Waals surface area (Å²) in [4.78, 5) is 0. The maximum atomic E-state index is 11.9. The van der Waals surface area contributed by atoms with Crippen molar-refractivity contribution in [3.8, 4) is 0 Å². The number of aryl methyl sites for hydroxylation is 1. The quantitative estimate of drug-likeness (QED) is 0.710. The summed E-state index contributed by atoms with van der Waals surface area (Å²) in [7, 11) is -3.28. The van der Waals surface area contributed by atoms with Gasteiger partial charge in [0, 0.05) is 4.47 Å². The van der Waals surface area contributed by atoms with Crippen molar-refractivity contribution in [2.45, 2.75) is 26.7 Å². The summed E-state index contributed by atoms with van der Waals surface area (Å²) >= 11 is 3.40. The summed E-state index contributed by atoms with van der Waals surface area (Å²) in [5, 5.41) is 3.19. The van der Waals surface area contributed by atoms with E-state index in [1.54, 1.807) is 6.07 Å². The lowest BCUT2D eigenvalue weighted by Gasteiger charge is -2.11. The van der Waals surface area contributed by atoms with E-state index in [-0.39, 0.29) is 5.75 Å². The Hall–Kier alpha value is -0.590. The van der Waals surface area contributed by atoms with Crippen molar-refractivity contribution in [1.82, 2.24) is 5.32 Å². The Labute approximate surface area is 124 Å². The third kappa shape index (κ3) is 5.93. The van der Waals surface area contributed by atoms with Crippen LogP contribution in [0.25, 0.3) is 0 Å². The van der Waals surface area contributed by atoms with Gasteiger partial charge >= 0.3 is 0 Å². The van der Waals surface area contributed by atoms with Crippen molar-refractivity contribution in [2.24, 2.45) is 0 Å². The fourth-order valence-electron chi connectivity index (χ4n) is 1.63. The van der Waals surface area contributed by atoms with Gasteiger partial charge in [-0.05, 0) is 60.4 Å². The van der Waals surface area contributed by atoms with E-state index in [0.29, 0.717) is 12.1 Å². The molecular formula is C13H21BrN2O2S. The average Bonchev–Trinajstić information content (AvgIpc) is 2.34. The molecule has 0 saturated heterocycles. The minimum absolute atomic E-state index is 0.129. The lowest BCUT2D eigenvalue weighted by Crippen LogP contribution is -2.22. The molecule has 0 aliphatic rings. The minimum Gasteiger partial charge on any atom is -0.317 e. The monoisotopic (exact) mass is 348 g/mol. The van der Waals surface area contributed by atoms with Crippen LogP contribution in [0.2, 0.25) is 0 Å². The second-order valence-corrected chi connectivity index (χ2v) is 7.10. The number of nitrogens with one attached hydrogen (secondary N) is 2. The zero-order valence-corrected chi connectivity index (χ0v) is 13.8. The molecule has 0 spiro atoms. The summed E-state index contributed by atoms with van der Waals surface area (Å²) in [6, 6.07) is 5.52. The molecule has 0 saturated carbocycles. The first-order valence-corrected chi connectivity index (χ1v) is 8.87. The molecule has 0 aliphatic heterocycles. The molecule has 0 radical (unpaired) electrons. The Morgan fingerprint density at radius 1 is 1.26 bits per heavy atom. The molecule has 2 N–H and O–H groups in total. The first-order valence-electron chi connectivity index (χ1n) is 6.42. The highest BCUT2D eigenvalue weighted by atomic mass is 79.9. The minimum atomic E-state index is -3.28. The zero-order chi connectivity index (χ0) is 14.3. The van der Waals surface area contributed by atoms with Crippen LogP contribution in [0.3, 0.4) is 0 Å². The first-order chi connectivity index (χ1) is 8.96. The number of anilines is 1. The van der Waals surface area contributed by atoms with E-state index < -0.39 is 10.0 Å². The molecule has 0 aliphatic carbocycles. The van der Waals surface area contributed by atoms with Gasteiger partial charge in [-0.25, -0.2) is 8.42 Å². The number of hydrogen-bond donors (Lipinski definition) is 2. The summed E-state index contributed by atoms with van der Waals surface area (Å²) in [6.45, 7) is 5.66. The second-order valence-electron chi connectivity index (χ2n) is 4.46. The molecule has 1 aromatic carbocycles. The molecule has 6 heteroatoms. The molecule has 108 valence electrons. The van der Waals surface area contributed by atoms with Gasteiger partial charge in [0.05, 0.1) is 11.4 Å². The van der Waals surface area contributed by atoms with Crippen LogP contribution in [0.1, 0.15) is 25.3 Å². The van der Waals surface area contributed by atoms with Gasteiger partial charge in [0.2, 0.25) is 10.0 Å². The van der Waals surface area contributed by atoms with Gasteiger partial charge < -0.3 is 5.32 Å². The molecule has 0 amide bonds. The van der Waals surface area contributed by atoms with Crippen LogP contribution in [0, 0.1) is 6.92 Å². The normalized spacial score (nSPS) is 11.5. The smallest absolute Gasteiger partial charge is 0.232 e. The maximum absolute atomic E-state index is 11.9. The summed E-state index contributed by atoms with van der Waals surface area (Å²) in [5.41, 5.74) is 1.60. The third-order valence-electron chi connectivity index (χ3n) is 2.65. The van der Waals surface area contributed by atoms with Gasteiger partial charge in [0.25, 0.3) is 0 Å². The molecule has 1 rings (SSSR count). The standard InChI is InChI=1S/C13H21BrN2O2S/c1-3-8-15-9-5-10-19(17,18)16-12-7-4-6-11(2)13(12)14/h4,6-7,15-16H,3,5,8-10H2,1-2H3. The van der Waals surface area contributed by atoms with Crippen LogP contribution in [-0.4, -0.2) is 27.3 Å². The zero-order valence-electron chi connectivity index (χ0n) is 11.4. The molecule has 0 aromatic heterocycles. The van der Waals surface area contributed by atoms with E-state index in [9.17, 15) is 8.42 Å². The Balaban J connectivity index is 2.52. The Morgan fingerprint density at radius 2 is 2.00 bits per heavy atom. The highest BCUT2D eigenvalue weighted by Gasteiger charge is 2.12. The van der Waals surface area contributed by atoms with Gasteiger partial charge in [-0.2, -0.15) is 0 Å². The van der Waals surface area contributed by atoms with E-state index in [4.69, 9.17) is 0 Å². The summed E-state index contributed by atoms with van der Waals surface area (Å²) in [5.74, 6) is 0.129. The SMILES string of the molecule is CCCNCCCS(=O)(=O)Nc1cccc(C)c1Br. The summed E-state index contributed by atoms with van der Waals surface area (Å²) in [6.07, 6.45) is 1.67. The predicted molar refractivity (Wildman–Crippen MR) is 84.1 cm³/mol. The maximum Gasteiger partial charge on any atom is 0.232 e. The molecule has 19 heavy (non-hydrogen) atoms. The number of halogens is 1. The molecule has 0 atom stereocenters. The average molecular weight is 349 g/mol. The molecule has 1 aromatic rings. The van der Waals surface area contributed by atoms with Crippen LogP contribution in [0.5, 0.6) is 0 Å². The second kappa shape index (κ2) is 7.87. The largest absolute Gasteiger partial charge is 0.317 e. The lowest BCUT2D eigenvalue weighted by molar-refractivity contribution is 0.593. The van der Waals surface area contributed by atoms with Crippen LogP contribution >= 0.6 is 15.9 Å². The highest BCUT2D eigenvalue weighted by molar-refractivity contribution is 9.10. The van der Waals surface area contributed by atoms with Gasteiger partial charge in [-0.3, -0.25) is 4.72 Å². The van der Waals surface area contributed by atoms with Crippen LogP contribution in [0.4, 0.5) is 5.69 Å². The molecule has 0 heterocycles. The molecular weight excluding hydrogens is 328 g/mol. The van der Waals surface area contributed by atoms with Gasteiger partial charge in [-0.15, -0.1) is 0 Å². The molecule has 4 nitrogen and oxygen atoms in total. The van der Waals surface area contributed by atoms with Crippen molar-refractivity contribution in [2.75, 3.05) is 23.6 Å². The van der Waals surface area contributed by atoms with Gasteiger partial charge in [-0.1, -0.05) is 19.1 Å². The molecule has 0 fully saturated rings. The molecule has 0 unspecified atom stereocenters. The van der Waals surface area contributed by atoms with E-state index in [1.165, 1.54) is 0 Å². The third-order valence-corrected chi connectivity index (χ3v) is 5.06. The van der Waals surface area contributed by atoms with Crippen LogP contribution < -0.4 is 10.0 Å². The topological polar surface area (TPSA) is 58.2 Å². The van der Waals surface area contributed by atoms with E-state index in [1.807, 2.05) is 19.1 Å². The van der Waals surface area contributed by atoms with Gasteiger partial charge in [0.1, 0.15) is 0 Å². The van der Waals surface area contributed by atoms with Crippen molar-refractivity contribution in [1.29, 1.82) is 0 Å². The highest BCUT2D eigenvalue weighted by Crippen LogP contribution is 2.26. The van der Waals surface area contributed by atoms with E-state index in [0.717, 1.165) is 29.5 Å². The van der Waals surface area contributed by atoms with Crippen molar-refractivity contribution in [3.05, 3.63) is 28.2 Å². The van der Waals surface area contributed by atoms with Crippen molar-refractivity contribution in [3.63, 3.8) is 0 Å². The van der Waals surface area contributed by atoms with Crippen molar-refractivity contribution >= 4 is 31.6 Å². The first kappa shape index (κ1) is 16.5. The Bertz CT molecular complexity index is 503. The fourth-order valence-corrected chi connectivity index (χ4v) is 3.26. The lowest BCUT2D eigenvalue weighted by atomic mass is 10.2. The summed E-state index contributed by atoms with van der Waals surface area (Å²) < 4.78 is 27.3.